The van der Waals surface area contributed by atoms with Gasteiger partial charge in [-0.05, 0) is 30.7 Å². The van der Waals surface area contributed by atoms with Gasteiger partial charge in [-0.1, -0.05) is 30.3 Å². The Morgan fingerprint density at radius 2 is 1.90 bits per heavy atom. The summed E-state index contributed by atoms with van der Waals surface area (Å²) in [6.07, 6.45) is 0.307. The van der Waals surface area contributed by atoms with Gasteiger partial charge < -0.3 is 10.6 Å². The van der Waals surface area contributed by atoms with E-state index in [1.54, 1.807) is 6.07 Å². The first kappa shape index (κ1) is 15.0. The zero-order chi connectivity index (χ0) is 15.2. The number of anilines is 2. The molecule has 0 amide bonds. The van der Waals surface area contributed by atoms with Crippen molar-refractivity contribution in [3.63, 3.8) is 0 Å². The van der Waals surface area contributed by atoms with Crippen LogP contribution in [-0.4, -0.2) is 6.54 Å². The molecule has 0 spiro atoms. The van der Waals surface area contributed by atoms with Gasteiger partial charge >= 0.3 is 0 Å². The second-order valence-corrected chi connectivity index (χ2v) is 4.86. The Morgan fingerprint density at radius 3 is 2.52 bits per heavy atom. The minimum absolute atomic E-state index is 0.288. The van der Waals surface area contributed by atoms with E-state index in [4.69, 9.17) is 11.0 Å². The maximum atomic E-state index is 14.4. The van der Waals surface area contributed by atoms with Gasteiger partial charge in [0.25, 0.3) is 0 Å². The van der Waals surface area contributed by atoms with Crippen molar-refractivity contribution < 1.29 is 4.39 Å². The Morgan fingerprint density at radius 1 is 1.19 bits per heavy atom. The van der Waals surface area contributed by atoms with E-state index < -0.39 is 0 Å². The highest BCUT2D eigenvalue weighted by atomic mass is 19.1. The van der Waals surface area contributed by atoms with Gasteiger partial charge in [0, 0.05) is 18.3 Å². The van der Waals surface area contributed by atoms with Gasteiger partial charge in [-0.3, -0.25) is 0 Å². The van der Waals surface area contributed by atoms with Gasteiger partial charge in [0.2, 0.25) is 0 Å². The van der Waals surface area contributed by atoms with Crippen molar-refractivity contribution in [2.75, 3.05) is 11.4 Å². The average molecular weight is 283 g/mol. The molecule has 3 nitrogen and oxygen atoms in total. The van der Waals surface area contributed by atoms with Gasteiger partial charge in [0.15, 0.2) is 0 Å². The molecule has 4 heteroatoms. The number of rotatable bonds is 5. The summed E-state index contributed by atoms with van der Waals surface area (Å²) in [5, 5.41) is 8.86. The molecule has 21 heavy (non-hydrogen) atoms. The molecule has 1 unspecified atom stereocenters. The summed E-state index contributed by atoms with van der Waals surface area (Å²) < 4.78 is 14.4. The number of halogens is 1. The predicted molar refractivity (Wildman–Crippen MR) is 82.7 cm³/mol. The van der Waals surface area contributed by atoms with Crippen molar-refractivity contribution in [2.24, 2.45) is 5.73 Å². The van der Waals surface area contributed by atoms with Crippen LogP contribution in [0.4, 0.5) is 15.8 Å². The Kier molecular flexibility index (Phi) is 4.91. The predicted octanol–water partition coefficient (Wildman–Crippen LogP) is 3.90. The largest absolute Gasteiger partial charge is 0.338 e. The maximum Gasteiger partial charge on any atom is 0.147 e. The first-order valence-corrected chi connectivity index (χ1v) is 6.88. The van der Waals surface area contributed by atoms with Gasteiger partial charge in [-0.2, -0.15) is 5.26 Å². The summed E-state index contributed by atoms with van der Waals surface area (Å²) in [5.74, 6) is -0.327. The molecular weight excluding hydrogens is 265 g/mol. The molecule has 2 aromatic rings. The zero-order valence-electron chi connectivity index (χ0n) is 12.0. The van der Waals surface area contributed by atoms with Crippen molar-refractivity contribution in [1.82, 2.24) is 0 Å². The van der Waals surface area contributed by atoms with Crippen LogP contribution in [0, 0.1) is 17.1 Å². The molecule has 108 valence electrons. The van der Waals surface area contributed by atoms with E-state index in [1.165, 1.54) is 6.07 Å². The monoisotopic (exact) mass is 283 g/mol. The topological polar surface area (TPSA) is 53.0 Å². The number of para-hydroxylation sites is 2. The third-order valence-corrected chi connectivity index (χ3v) is 3.29. The van der Waals surface area contributed by atoms with Gasteiger partial charge in [-0.25, -0.2) is 4.39 Å². The summed E-state index contributed by atoms with van der Waals surface area (Å²) in [7, 11) is 0. The Bertz CT molecular complexity index is 632. The van der Waals surface area contributed by atoms with E-state index >= 15 is 0 Å². The number of hydrogen-bond donors (Lipinski definition) is 1. The van der Waals surface area contributed by atoms with Crippen LogP contribution in [0.2, 0.25) is 0 Å². The van der Waals surface area contributed by atoms with Crippen LogP contribution in [0.25, 0.3) is 0 Å². The lowest BCUT2D eigenvalue weighted by molar-refractivity contribution is 0.619. The van der Waals surface area contributed by atoms with E-state index in [0.717, 1.165) is 11.3 Å². The Labute approximate surface area is 124 Å². The molecule has 0 radical (unpaired) electrons. The zero-order valence-corrected chi connectivity index (χ0v) is 12.0. The Hall–Kier alpha value is -2.38. The fraction of sp³-hybridized carbons (Fsp3) is 0.235. The van der Waals surface area contributed by atoms with Crippen LogP contribution in [0.3, 0.4) is 0 Å². The second kappa shape index (κ2) is 6.87. The molecule has 0 fully saturated rings. The molecule has 0 bridgehead atoms. The van der Waals surface area contributed by atoms with E-state index in [1.807, 2.05) is 48.2 Å². The number of nitriles is 1. The van der Waals surface area contributed by atoms with Crippen molar-refractivity contribution >= 4 is 11.4 Å². The minimum Gasteiger partial charge on any atom is -0.338 e. The molecule has 0 saturated heterocycles. The van der Waals surface area contributed by atoms with Crippen LogP contribution >= 0.6 is 0 Å². The summed E-state index contributed by atoms with van der Waals surface area (Å²) in [6.45, 7) is 2.24. The number of benzene rings is 2. The lowest BCUT2D eigenvalue weighted by Gasteiger charge is -2.28. The quantitative estimate of drug-likeness (QED) is 0.905. The van der Waals surface area contributed by atoms with Crippen molar-refractivity contribution in [2.45, 2.75) is 19.4 Å². The maximum absolute atomic E-state index is 14.4. The van der Waals surface area contributed by atoms with E-state index in [9.17, 15) is 4.39 Å². The number of nitrogens with zero attached hydrogens (tertiary/aromatic N) is 2. The van der Waals surface area contributed by atoms with Gasteiger partial charge in [0.1, 0.15) is 5.82 Å². The van der Waals surface area contributed by atoms with Crippen molar-refractivity contribution in [3.8, 4) is 6.07 Å². The molecule has 0 aromatic heterocycles. The summed E-state index contributed by atoms with van der Waals surface area (Å²) in [6, 6.07) is 16.2. The molecule has 2 N–H and O–H groups in total. The lowest BCUT2D eigenvalue weighted by atomic mass is 10.0. The average Bonchev–Trinajstić information content (AvgIpc) is 2.49. The molecule has 0 aliphatic rings. The summed E-state index contributed by atoms with van der Waals surface area (Å²) >= 11 is 0. The van der Waals surface area contributed by atoms with Crippen LogP contribution in [0.1, 0.15) is 24.9 Å². The molecule has 0 saturated carbocycles. The number of nitrogens with two attached hydrogens (primary N) is 1. The molecule has 0 aliphatic carbocycles. The summed E-state index contributed by atoms with van der Waals surface area (Å²) in [5.41, 5.74) is 8.00. The van der Waals surface area contributed by atoms with Gasteiger partial charge in [0.05, 0.1) is 18.2 Å². The van der Waals surface area contributed by atoms with Crippen LogP contribution in [0.15, 0.2) is 48.5 Å². The standard InChI is InChI=1S/C17H18FN3/c1-13(20)15-9-5-10-16(18)17(15)21(12-6-11-19)14-7-3-2-4-8-14/h2-5,7-10,13H,6,12,20H2,1H3. The highest BCUT2D eigenvalue weighted by Gasteiger charge is 2.19. The van der Waals surface area contributed by atoms with E-state index in [-0.39, 0.29) is 11.9 Å². The van der Waals surface area contributed by atoms with Gasteiger partial charge in [-0.15, -0.1) is 0 Å². The lowest BCUT2D eigenvalue weighted by Crippen LogP contribution is -2.22. The van der Waals surface area contributed by atoms with E-state index in [0.29, 0.717) is 18.7 Å². The first-order chi connectivity index (χ1) is 10.1. The molecule has 0 aliphatic heterocycles. The Balaban J connectivity index is 2.54. The van der Waals surface area contributed by atoms with E-state index in [2.05, 4.69) is 6.07 Å². The third-order valence-electron chi connectivity index (χ3n) is 3.29. The number of hydrogen-bond acceptors (Lipinski definition) is 3. The van der Waals surface area contributed by atoms with Crippen molar-refractivity contribution in [3.05, 3.63) is 59.9 Å². The SMILES string of the molecule is CC(N)c1cccc(F)c1N(CCC#N)c1ccccc1. The fourth-order valence-corrected chi connectivity index (χ4v) is 2.32. The second-order valence-electron chi connectivity index (χ2n) is 4.86. The third kappa shape index (κ3) is 3.39. The first-order valence-electron chi connectivity index (χ1n) is 6.88. The fourth-order valence-electron chi connectivity index (χ4n) is 2.32. The molecule has 2 aromatic carbocycles. The van der Waals surface area contributed by atoms with Crippen LogP contribution in [-0.2, 0) is 0 Å². The molecule has 0 heterocycles. The molecule has 2 rings (SSSR count). The highest BCUT2D eigenvalue weighted by molar-refractivity contribution is 5.67. The normalized spacial score (nSPS) is 11.7. The van der Waals surface area contributed by atoms with Crippen LogP contribution < -0.4 is 10.6 Å². The molecular formula is C17H18FN3. The van der Waals surface area contributed by atoms with Crippen LogP contribution in [0.5, 0.6) is 0 Å². The smallest absolute Gasteiger partial charge is 0.147 e. The summed E-state index contributed by atoms with van der Waals surface area (Å²) in [4.78, 5) is 1.82. The van der Waals surface area contributed by atoms with Crippen molar-refractivity contribution in [1.29, 1.82) is 5.26 Å². The minimum atomic E-state index is -0.327. The highest BCUT2D eigenvalue weighted by Crippen LogP contribution is 2.33. The molecule has 1 atom stereocenters.